The molecule has 12 heteroatoms. The number of aliphatic hydroxyl groups is 3. The summed E-state index contributed by atoms with van der Waals surface area (Å²) in [6.07, 6.45) is 5.37. The quantitative estimate of drug-likeness (QED) is 0.178. The van der Waals surface area contributed by atoms with Crippen molar-refractivity contribution in [2.45, 2.75) is 118 Å². The van der Waals surface area contributed by atoms with Crippen molar-refractivity contribution in [3.8, 4) is 0 Å². The van der Waals surface area contributed by atoms with E-state index in [4.69, 9.17) is 28.8 Å². The summed E-state index contributed by atoms with van der Waals surface area (Å²) >= 11 is 0. The molecule has 288 valence electrons. The Hall–Kier alpha value is -3.29. The number of carboxylic acid groups (broad SMARTS) is 1. The van der Waals surface area contributed by atoms with Crippen molar-refractivity contribution in [2.24, 2.45) is 35.5 Å². The molecule has 4 N–H and O–H groups in total. The van der Waals surface area contributed by atoms with Crippen LogP contribution in [-0.4, -0.2) is 95.0 Å². The minimum atomic E-state index is -1.99. The van der Waals surface area contributed by atoms with Gasteiger partial charge >= 0.3 is 17.9 Å². The number of hydrogen-bond donors (Lipinski definition) is 4. The molecule has 51 heavy (non-hydrogen) atoms. The van der Waals surface area contributed by atoms with Crippen LogP contribution in [0, 0.1) is 35.5 Å². The van der Waals surface area contributed by atoms with E-state index < -0.39 is 72.2 Å². The van der Waals surface area contributed by atoms with Crippen LogP contribution in [0.25, 0.3) is 0 Å². The molecule has 0 radical (unpaired) electrons. The van der Waals surface area contributed by atoms with Crippen molar-refractivity contribution < 1.29 is 58.5 Å². The third kappa shape index (κ3) is 12.1. The van der Waals surface area contributed by atoms with Crippen molar-refractivity contribution in [3.63, 3.8) is 0 Å². The predicted octanol–water partition coefficient (Wildman–Crippen LogP) is 4.88. The molecule has 12 unspecified atom stereocenters. The molecule has 0 saturated carbocycles. The van der Waals surface area contributed by atoms with Gasteiger partial charge in [0.1, 0.15) is 18.3 Å². The van der Waals surface area contributed by atoms with E-state index >= 15 is 0 Å². The first kappa shape index (κ1) is 43.9. The lowest BCUT2D eigenvalue weighted by Gasteiger charge is -2.50. The molecule has 0 aromatic carbocycles. The molecule has 2 aliphatic heterocycles. The van der Waals surface area contributed by atoms with Gasteiger partial charge in [-0.1, -0.05) is 83.9 Å². The molecule has 12 atom stereocenters. The Labute approximate surface area is 302 Å². The lowest BCUT2D eigenvalue weighted by atomic mass is 9.76. The van der Waals surface area contributed by atoms with Crippen molar-refractivity contribution in [1.82, 2.24) is 0 Å². The third-order valence-corrected chi connectivity index (χ3v) is 10.1. The molecule has 2 heterocycles. The second-order valence-electron chi connectivity index (χ2n) is 14.6. The summed E-state index contributed by atoms with van der Waals surface area (Å²) in [7, 11) is 2.80. The fraction of sp³-hybridized carbons (Fsp3) is 0.667. The largest absolute Gasteiger partial charge is 0.490 e. The molecular formula is C39H60O12. The molecule has 2 aliphatic rings. The van der Waals surface area contributed by atoms with Gasteiger partial charge in [0.25, 0.3) is 0 Å². The van der Waals surface area contributed by atoms with Gasteiger partial charge in [-0.2, -0.15) is 0 Å². The molecule has 1 saturated heterocycles. The van der Waals surface area contributed by atoms with Crippen LogP contribution in [0.4, 0.5) is 0 Å². The summed E-state index contributed by atoms with van der Waals surface area (Å²) in [4.78, 5) is 37.1. The van der Waals surface area contributed by atoms with E-state index in [-0.39, 0.29) is 35.9 Å². The summed E-state index contributed by atoms with van der Waals surface area (Å²) in [5.74, 6) is -7.68. The maximum atomic E-state index is 13.6. The highest BCUT2D eigenvalue weighted by Gasteiger charge is 2.53. The maximum Gasteiger partial charge on any atom is 0.373 e. The number of carboxylic acids is 1. The fourth-order valence-electron chi connectivity index (χ4n) is 7.00. The molecule has 0 bridgehead atoms. The summed E-state index contributed by atoms with van der Waals surface area (Å²) in [5.41, 5.74) is 1.70. The molecule has 0 aromatic heterocycles. The zero-order chi connectivity index (χ0) is 38.8. The Kier molecular flexibility index (Phi) is 16.8. The Morgan fingerprint density at radius 1 is 1.06 bits per heavy atom. The summed E-state index contributed by atoms with van der Waals surface area (Å²) in [6.45, 7) is 16.5. The number of aliphatic hydroxyl groups excluding tert-OH is 2. The number of rotatable bonds is 10. The highest BCUT2D eigenvalue weighted by molar-refractivity contribution is 5.90. The van der Waals surface area contributed by atoms with E-state index in [1.807, 2.05) is 53.7 Å². The second-order valence-corrected chi connectivity index (χ2v) is 14.6. The SMILES string of the molecule is CO/C1=C/C(C)=C\C(C)C(O)C(C)C/C(C)=C\C=C/C(OC)C(C(C)C(O)C(C)C2(O)CC(OC(=O)/C=C/C(=O)O)C(C)C(C(C)C)O2)OC1=O. The van der Waals surface area contributed by atoms with Crippen LogP contribution in [-0.2, 0) is 38.1 Å². The van der Waals surface area contributed by atoms with E-state index in [1.54, 1.807) is 32.9 Å². The standard InChI is InChI=1S/C39H60O12/c1-21(2)36-26(7)31(49-33(42)16-15-32(40)41)20-39(46,51-36)28(9)35(44)27(8)37-29(47-10)14-12-13-22(3)17-24(5)34(43)25(6)18-23(4)19-30(48-11)38(45)50-37/h12-16,18-19,21,24-29,31,34-37,43-44,46H,17,20H2,1-11H3,(H,40,41)/b14-12-,16-15+,22-13-,23-18-,30-19+. The number of carbonyl (C=O) groups is 3. The van der Waals surface area contributed by atoms with Gasteiger partial charge < -0.3 is 44.1 Å². The Morgan fingerprint density at radius 2 is 1.71 bits per heavy atom. The van der Waals surface area contributed by atoms with Gasteiger partial charge in [0, 0.05) is 49.4 Å². The van der Waals surface area contributed by atoms with E-state index in [1.165, 1.54) is 20.3 Å². The number of cyclic esters (lactones) is 1. The molecular weight excluding hydrogens is 660 g/mol. The topological polar surface area (TPSA) is 178 Å². The van der Waals surface area contributed by atoms with Gasteiger partial charge in [-0.05, 0) is 38.2 Å². The highest BCUT2D eigenvalue weighted by Crippen LogP contribution is 2.42. The molecule has 0 spiro atoms. The molecule has 0 aliphatic carbocycles. The summed E-state index contributed by atoms with van der Waals surface area (Å²) < 4.78 is 29.1. The van der Waals surface area contributed by atoms with Crippen molar-refractivity contribution in [3.05, 3.63) is 59.4 Å². The molecule has 0 aromatic rings. The van der Waals surface area contributed by atoms with E-state index in [0.29, 0.717) is 18.1 Å². The zero-order valence-corrected chi connectivity index (χ0v) is 31.9. The third-order valence-electron chi connectivity index (χ3n) is 10.1. The number of carbonyl (C=O) groups excluding carboxylic acids is 2. The lowest BCUT2D eigenvalue weighted by molar-refractivity contribution is -0.329. The zero-order valence-electron chi connectivity index (χ0n) is 31.9. The number of ether oxygens (including phenoxy) is 5. The molecule has 0 amide bonds. The lowest BCUT2D eigenvalue weighted by Crippen LogP contribution is -2.59. The summed E-state index contributed by atoms with van der Waals surface area (Å²) in [5, 5.41) is 43.8. The minimum Gasteiger partial charge on any atom is -0.490 e. The van der Waals surface area contributed by atoms with E-state index in [9.17, 15) is 29.7 Å². The normalized spacial score (nSPS) is 37.1. The molecule has 1 fully saturated rings. The van der Waals surface area contributed by atoms with Gasteiger partial charge in [0.05, 0.1) is 25.4 Å². The van der Waals surface area contributed by atoms with Crippen LogP contribution in [0.2, 0.25) is 0 Å². The average Bonchev–Trinajstić information content (AvgIpc) is 3.06. The van der Waals surface area contributed by atoms with Gasteiger partial charge in [-0.15, -0.1) is 0 Å². The first-order valence-corrected chi connectivity index (χ1v) is 17.7. The smallest absolute Gasteiger partial charge is 0.373 e. The van der Waals surface area contributed by atoms with Gasteiger partial charge in [-0.3, -0.25) is 0 Å². The Morgan fingerprint density at radius 3 is 2.27 bits per heavy atom. The van der Waals surface area contributed by atoms with Crippen LogP contribution in [0.5, 0.6) is 0 Å². The Balaban J connectivity index is 2.55. The van der Waals surface area contributed by atoms with Gasteiger partial charge in [-0.25, -0.2) is 14.4 Å². The van der Waals surface area contributed by atoms with Crippen LogP contribution in [0.1, 0.15) is 75.2 Å². The van der Waals surface area contributed by atoms with Gasteiger partial charge in [0.2, 0.25) is 5.76 Å². The van der Waals surface area contributed by atoms with Crippen molar-refractivity contribution in [2.75, 3.05) is 14.2 Å². The van der Waals surface area contributed by atoms with Crippen LogP contribution >= 0.6 is 0 Å². The number of aliphatic carboxylic acids is 1. The Bertz CT molecular complexity index is 1350. The summed E-state index contributed by atoms with van der Waals surface area (Å²) in [6, 6.07) is 0. The van der Waals surface area contributed by atoms with E-state index in [0.717, 1.165) is 11.6 Å². The monoisotopic (exact) mass is 720 g/mol. The first-order chi connectivity index (χ1) is 23.8. The van der Waals surface area contributed by atoms with Crippen LogP contribution < -0.4 is 0 Å². The fourth-order valence-corrected chi connectivity index (χ4v) is 7.00. The predicted molar refractivity (Wildman–Crippen MR) is 191 cm³/mol. The van der Waals surface area contributed by atoms with Gasteiger partial charge in [0.15, 0.2) is 5.79 Å². The number of allylic oxidation sites excluding steroid dienone is 5. The second kappa shape index (κ2) is 19.5. The van der Waals surface area contributed by atoms with Crippen LogP contribution in [0.3, 0.4) is 0 Å². The van der Waals surface area contributed by atoms with Crippen molar-refractivity contribution in [1.29, 1.82) is 0 Å². The molecule has 12 nitrogen and oxygen atoms in total. The number of hydrogen-bond acceptors (Lipinski definition) is 11. The number of methoxy groups -OCH3 is 2. The average molecular weight is 721 g/mol. The minimum absolute atomic E-state index is 0.0458. The molecule has 2 rings (SSSR count). The maximum absolute atomic E-state index is 13.6. The van der Waals surface area contributed by atoms with Crippen LogP contribution in [0.15, 0.2) is 59.4 Å². The van der Waals surface area contributed by atoms with Crippen molar-refractivity contribution >= 4 is 17.9 Å². The highest BCUT2D eigenvalue weighted by atomic mass is 16.6. The van der Waals surface area contributed by atoms with E-state index in [2.05, 4.69) is 0 Å². The number of esters is 2. The first-order valence-electron chi connectivity index (χ1n) is 17.7.